The van der Waals surface area contributed by atoms with Crippen LogP contribution in [0.3, 0.4) is 0 Å². The van der Waals surface area contributed by atoms with Crippen LogP contribution in [-0.4, -0.2) is 10.9 Å². The number of benzene rings is 1. The van der Waals surface area contributed by atoms with E-state index in [0.717, 1.165) is 34.3 Å². The topological polar surface area (TPSA) is 22.0 Å². The second-order valence-corrected chi connectivity index (χ2v) is 3.85. The summed E-state index contributed by atoms with van der Waals surface area (Å²) in [5.41, 5.74) is 2.11. The van der Waals surface area contributed by atoms with Crippen molar-refractivity contribution in [3.8, 4) is 0 Å². The lowest BCUT2D eigenvalue weighted by Gasteiger charge is -2.00. The van der Waals surface area contributed by atoms with Gasteiger partial charge in [-0.25, -0.2) is 0 Å². The fourth-order valence-electron chi connectivity index (χ4n) is 1.90. The molecule has 0 N–H and O–H groups in total. The third-order valence-electron chi connectivity index (χ3n) is 2.58. The summed E-state index contributed by atoms with van der Waals surface area (Å²) < 4.78 is 2.11. The number of hydrogen-bond acceptors (Lipinski definition) is 1. The smallest absolute Gasteiger partial charge is 0.124 e. The van der Waals surface area contributed by atoms with Crippen LogP contribution >= 0.6 is 11.6 Å². The van der Waals surface area contributed by atoms with Gasteiger partial charge in [-0.05, 0) is 24.6 Å². The van der Waals surface area contributed by atoms with Gasteiger partial charge in [0.25, 0.3) is 0 Å². The minimum atomic E-state index is 0.424. The molecule has 0 spiro atoms. The quantitative estimate of drug-likeness (QED) is 0.731. The van der Waals surface area contributed by atoms with E-state index in [2.05, 4.69) is 11.5 Å². The van der Waals surface area contributed by atoms with Gasteiger partial charge in [0.1, 0.15) is 6.29 Å². The molecule has 78 valence electrons. The molecule has 2 rings (SSSR count). The number of nitrogens with zero attached hydrogens (tertiary/aromatic N) is 1. The fraction of sp³-hybridized carbons (Fsp3) is 0.250. The van der Waals surface area contributed by atoms with E-state index in [1.165, 1.54) is 0 Å². The summed E-state index contributed by atoms with van der Waals surface area (Å²) in [6, 6.07) is 5.82. The van der Waals surface area contributed by atoms with Crippen LogP contribution in [0.5, 0.6) is 0 Å². The maximum absolute atomic E-state index is 10.6. The predicted octanol–water partition coefficient (Wildman–Crippen LogP) is 3.06. The monoisotopic (exact) mass is 221 g/mol. The fourth-order valence-corrected chi connectivity index (χ4v) is 2.19. The molecule has 1 heterocycles. The number of aryl methyl sites for hydroxylation is 1. The maximum Gasteiger partial charge on any atom is 0.124 e. The van der Waals surface area contributed by atoms with Crippen molar-refractivity contribution in [2.45, 2.75) is 19.9 Å². The third-order valence-corrected chi connectivity index (χ3v) is 2.89. The van der Waals surface area contributed by atoms with Crippen LogP contribution in [0.2, 0.25) is 5.02 Å². The molecule has 0 unspecified atom stereocenters. The molecule has 3 heteroatoms. The Morgan fingerprint density at radius 2 is 2.27 bits per heavy atom. The van der Waals surface area contributed by atoms with Crippen LogP contribution in [0.4, 0.5) is 0 Å². The van der Waals surface area contributed by atoms with Gasteiger partial charge in [-0.2, -0.15) is 0 Å². The highest BCUT2D eigenvalue weighted by molar-refractivity contribution is 6.35. The zero-order valence-electron chi connectivity index (χ0n) is 8.53. The van der Waals surface area contributed by atoms with Crippen LogP contribution in [-0.2, 0) is 17.8 Å². The van der Waals surface area contributed by atoms with Gasteiger partial charge in [-0.1, -0.05) is 17.7 Å². The number of carbonyl (C=O) groups is 1. The van der Waals surface area contributed by atoms with E-state index < -0.39 is 0 Å². The molecular weight excluding hydrogens is 210 g/mol. The highest BCUT2D eigenvalue weighted by atomic mass is 35.5. The first-order chi connectivity index (χ1) is 7.27. The Bertz CT molecular complexity index is 502. The molecule has 0 aliphatic heterocycles. The Morgan fingerprint density at radius 1 is 1.47 bits per heavy atom. The summed E-state index contributed by atoms with van der Waals surface area (Å²) >= 11 is 6.14. The standard InChI is InChI=1S/C12H12ClNO/c1-2-14-8-9(6-7-15)12-10(13)4-3-5-11(12)14/h3-5,7-8H,2,6H2,1H3. The Labute approximate surface area is 93.5 Å². The molecule has 0 saturated carbocycles. The minimum absolute atomic E-state index is 0.424. The molecule has 2 aromatic rings. The van der Waals surface area contributed by atoms with Crippen molar-refractivity contribution in [2.24, 2.45) is 0 Å². The average molecular weight is 222 g/mol. The van der Waals surface area contributed by atoms with Crippen LogP contribution in [0.1, 0.15) is 12.5 Å². The molecule has 15 heavy (non-hydrogen) atoms. The molecular formula is C12H12ClNO. The molecule has 0 fully saturated rings. The van der Waals surface area contributed by atoms with E-state index in [9.17, 15) is 4.79 Å². The average Bonchev–Trinajstić information content (AvgIpc) is 2.59. The van der Waals surface area contributed by atoms with Crippen molar-refractivity contribution in [3.63, 3.8) is 0 Å². The van der Waals surface area contributed by atoms with Gasteiger partial charge >= 0.3 is 0 Å². The van der Waals surface area contributed by atoms with Crippen molar-refractivity contribution in [1.29, 1.82) is 0 Å². The SMILES string of the molecule is CCn1cc(CC=O)c2c(Cl)cccc21. The van der Waals surface area contributed by atoms with E-state index in [-0.39, 0.29) is 0 Å². The summed E-state index contributed by atoms with van der Waals surface area (Å²) in [7, 11) is 0. The normalized spacial score (nSPS) is 10.8. The highest BCUT2D eigenvalue weighted by Crippen LogP contribution is 2.28. The Balaban J connectivity index is 2.75. The first-order valence-electron chi connectivity index (χ1n) is 4.97. The maximum atomic E-state index is 10.6. The molecule has 1 aromatic carbocycles. The van der Waals surface area contributed by atoms with Gasteiger partial charge in [-0.3, -0.25) is 0 Å². The number of rotatable bonds is 3. The third kappa shape index (κ3) is 1.65. The van der Waals surface area contributed by atoms with Crippen molar-refractivity contribution < 1.29 is 4.79 Å². The Kier molecular flexibility index (Phi) is 2.78. The minimum Gasteiger partial charge on any atom is -0.347 e. The van der Waals surface area contributed by atoms with Gasteiger partial charge in [0.2, 0.25) is 0 Å². The van der Waals surface area contributed by atoms with E-state index in [0.29, 0.717) is 6.42 Å². The van der Waals surface area contributed by atoms with Crippen LogP contribution in [0.15, 0.2) is 24.4 Å². The van der Waals surface area contributed by atoms with E-state index in [4.69, 9.17) is 11.6 Å². The summed E-state index contributed by atoms with van der Waals surface area (Å²) in [5, 5.41) is 1.73. The van der Waals surface area contributed by atoms with Crippen molar-refractivity contribution in [3.05, 3.63) is 35.0 Å². The zero-order chi connectivity index (χ0) is 10.8. The van der Waals surface area contributed by atoms with E-state index in [1.54, 1.807) is 0 Å². The number of carbonyl (C=O) groups excluding carboxylic acids is 1. The van der Waals surface area contributed by atoms with Gasteiger partial charge in [0, 0.05) is 30.1 Å². The molecule has 0 aliphatic rings. The van der Waals surface area contributed by atoms with Gasteiger partial charge in [0.05, 0.1) is 5.02 Å². The van der Waals surface area contributed by atoms with Crippen molar-refractivity contribution in [1.82, 2.24) is 4.57 Å². The molecule has 0 atom stereocenters. The number of fused-ring (bicyclic) bond motifs is 1. The summed E-state index contributed by atoms with van der Waals surface area (Å²) in [5.74, 6) is 0. The van der Waals surface area contributed by atoms with Gasteiger partial charge in [-0.15, -0.1) is 0 Å². The molecule has 0 saturated heterocycles. The highest BCUT2D eigenvalue weighted by Gasteiger charge is 2.09. The van der Waals surface area contributed by atoms with Crippen molar-refractivity contribution >= 4 is 28.8 Å². The number of halogens is 1. The van der Waals surface area contributed by atoms with Crippen LogP contribution < -0.4 is 0 Å². The molecule has 2 nitrogen and oxygen atoms in total. The largest absolute Gasteiger partial charge is 0.347 e. The van der Waals surface area contributed by atoms with Crippen molar-refractivity contribution in [2.75, 3.05) is 0 Å². The lowest BCUT2D eigenvalue weighted by molar-refractivity contribution is -0.107. The number of hydrogen-bond donors (Lipinski definition) is 0. The molecule has 1 aromatic heterocycles. The Hall–Kier alpha value is -1.28. The first-order valence-corrected chi connectivity index (χ1v) is 5.35. The predicted molar refractivity (Wildman–Crippen MR) is 62.4 cm³/mol. The second kappa shape index (κ2) is 4.07. The van der Waals surface area contributed by atoms with Gasteiger partial charge in [0.15, 0.2) is 0 Å². The lowest BCUT2D eigenvalue weighted by Crippen LogP contribution is -1.90. The lowest BCUT2D eigenvalue weighted by atomic mass is 10.1. The van der Waals surface area contributed by atoms with Gasteiger partial charge < -0.3 is 9.36 Å². The summed E-state index contributed by atoms with van der Waals surface area (Å²) in [6.07, 6.45) is 3.34. The molecule has 0 amide bonds. The first kappa shape index (κ1) is 10.2. The van der Waals surface area contributed by atoms with Crippen LogP contribution in [0, 0.1) is 0 Å². The molecule has 0 radical (unpaired) electrons. The second-order valence-electron chi connectivity index (χ2n) is 3.45. The number of aldehydes is 1. The van der Waals surface area contributed by atoms with Crippen LogP contribution in [0.25, 0.3) is 10.9 Å². The summed E-state index contributed by atoms with van der Waals surface area (Å²) in [6.45, 7) is 2.96. The molecule has 0 aliphatic carbocycles. The Morgan fingerprint density at radius 3 is 2.93 bits per heavy atom. The van der Waals surface area contributed by atoms with E-state index in [1.807, 2.05) is 24.4 Å². The zero-order valence-corrected chi connectivity index (χ0v) is 9.29. The number of aromatic nitrogens is 1. The molecule has 0 bridgehead atoms. The summed E-state index contributed by atoms with van der Waals surface area (Å²) in [4.78, 5) is 10.6. The van der Waals surface area contributed by atoms with E-state index >= 15 is 0 Å².